The van der Waals surface area contributed by atoms with Crippen LogP contribution in [0.5, 0.6) is 5.75 Å². The van der Waals surface area contributed by atoms with Gasteiger partial charge in [-0.05, 0) is 29.4 Å². The van der Waals surface area contributed by atoms with Gasteiger partial charge in [0.15, 0.2) is 0 Å². The summed E-state index contributed by atoms with van der Waals surface area (Å²) in [4.78, 5) is 22.3. The second-order valence-electron chi connectivity index (χ2n) is 6.34. The predicted octanol–water partition coefficient (Wildman–Crippen LogP) is 3.00. The van der Waals surface area contributed by atoms with Gasteiger partial charge in [0, 0.05) is 6.42 Å². The van der Waals surface area contributed by atoms with Gasteiger partial charge in [-0.25, -0.2) is 0 Å². The van der Waals surface area contributed by atoms with Crippen LogP contribution < -0.4 is 10.5 Å². The largest absolute Gasteiger partial charge is 0.480 e. The molecule has 0 radical (unpaired) electrons. The molecule has 0 fully saturated rings. The Balaban J connectivity index is 2.64. The van der Waals surface area contributed by atoms with Gasteiger partial charge >= 0.3 is 11.9 Å². The molecule has 0 heterocycles. The van der Waals surface area contributed by atoms with E-state index in [4.69, 9.17) is 20.3 Å². The zero-order valence-corrected chi connectivity index (χ0v) is 14.7. The van der Waals surface area contributed by atoms with Crippen molar-refractivity contribution in [3.63, 3.8) is 0 Å². The summed E-state index contributed by atoms with van der Waals surface area (Å²) in [5.41, 5.74) is 7.47. The van der Waals surface area contributed by atoms with E-state index in [9.17, 15) is 9.59 Å². The Labute approximate surface area is 142 Å². The predicted molar refractivity (Wildman–Crippen MR) is 91.1 cm³/mol. The first-order valence-corrected chi connectivity index (χ1v) is 8.13. The maximum atomic E-state index is 11.6. The molecular formula is C18H27NO5. The fraction of sp³-hybridized carbons (Fsp3) is 0.556. The smallest absolute Gasteiger partial charge is 0.320 e. The molecule has 134 valence electrons. The molecule has 1 unspecified atom stereocenters. The molecule has 1 rings (SSSR count). The number of aliphatic carboxylic acids is 1. The third-order valence-electron chi connectivity index (χ3n) is 3.72. The average molecular weight is 337 g/mol. The number of benzene rings is 1. The third kappa shape index (κ3) is 5.85. The number of hydrogen-bond donors (Lipinski definition) is 2. The van der Waals surface area contributed by atoms with Crippen molar-refractivity contribution in [2.75, 3.05) is 6.79 Å². The zero-order chi connectivity index (χ0) is 18.3. The summed E-state index contributed by atoms with van der Waals surface area (Å²) in [6.07, 6.45) is -0.0202. The number of carbonyl (C=O) groups excluding carboxylic acids is 1. The zero-order valence-electron chi connectivity index (χ0n) is 14.7. The molecule has 0 amide bonds. The van der Waals surface area contributed by atoms with E-state index in [1.165, 1.54) is 0 Å². The van der Waals surface area contributed by atoms with E-state index in [2.05, 4.69) is 27.7 Å². The van der Waals surface area contributed by atoms with Crippen LogP contribution in [0.4, 0.5) is 0 Å². The highest BCUT2D eigenvalue weighted by atomic mass is 16.7. The van der Waals surface area contributed by atoms with Crippen molar-refractivity contribution in [2.24, 2.45) is 5.73 Å². The molecule has 1 aromatic rings. The van der Waals surface area contributed by atoms with Gasteiger partial charge in [0.25, 0.3) is 0 Å². The molecule has 0 bridgehead atoms. The van der Waals surface area contributed by atoms with Gasteiger partial charge in [0.2, 0.25) is 6.79 Å². The van der Waals surface area contributed by atoms with Gasteiger partial charge in [-0.15, -0.1) is 0 Å². The topological polar surface area (TPSA) is 98.9 Å². The van der Waals surface area contributed by atoms with Crippen molar-refractivity contribution >= 4 is 11.9 Å². The van der Waals surface area contributed by atoms with Crippen LogP contribution in [-0.4, -0.2) is 29.9 Å². The number of esters is 1. The molecule has 6 heteroatoms. The lowest BCUT2D eigenvalue weighted by atomic mass is 9.94. The molecule has 1 aromatic carbocycles. The molecule has 1 atom stereocenters. The molecule has 0 saturated carbocycles. The van der Waals surface area contributed by atoms with Crippen molar-refractivity contribution in [2.45, 2.75) is 58.4 Å². The summed E-state index contributed by atoms with van der Waals surface area (Å²) in [7, 11) is 0. The van der Waals surface area contributed by atoms with E-state index in [0.717, 1.165) is 16.9 Å². The number of nitrogens with two attached hydrogens (primary N) is 1. The number of hydrogen-bond acceptors (Lipinski definition) is 5. The summed E-state index contributed by atoms with van der Waals surface area (Å²) in [5.74, 6) is -0.352. The average Bonchev–Trinajstić information content (AvgIpc) is 2.51. The molecule has 0 spiro atoms. The van der Waals surface area contributed by atoms with E-state index in [-0.39, 0.29) is 31.5 Å². The highest BCUT2D eigenvalue weighted by Crippen LogP contribution is 2.34. The van der Waals surface area contributed by atoms with Gasteiger partial charge in [-0.3, -0.25) is 9.59 Å². The number of carbonyl (C=O) groups is 2. The van der Waals surface area contributed by atoms with Crippen LogP contribution >= 0.6 is 0 Å². The van der Waals surface area contributed by atoms with Crippen molar-refractivity contribution in [1.29, 1.82) is 0 Å². The second kappa shape index (κ2) is 9.27. The van der Waals surface area contributed by atoms with Crippen molar-refractivity contribution in [3.05, 3.63) is 29.3 Å². The number of carboxylic acids is 1. The van der Waals surface area contributed by atoms with Gasteiger partial charge in [-0.2, -0.15) is 0 Å². The van der Waals surface area contributed by atoms with Crippen LogP contribution in [0.15, 0.2) is 18.2 Å². The Morgan fingerprint density at radius 1 is 1.12 bits per heavy atom. The van der Waals surface area contributed by atoms with Crippen LogP contribution in [0, 0.1) is 0 Å². The van der Waals surface area contributed by atoms with Gasteiger partial charge < -0.3 is 20.3 Å². The molecule has 0 aromatic heterocycles. The summed E-state index contributed by atoms with van der Waals surface area (Å²) in [6.45, 7) is 8.10. The van der Waals surface area contributed by atoms with Crippen LogP contribution in [-0.2, 0) is 14.3 Å². The van der Waals surface area contributed by atoms with Crippen LogP contribution in [0.3, 0.4) is 0 Å². The van der Waals surface area contributed by atoms with E-state index < -0.39 is 18.0 Å². The van der Waals surface area contributed by atoms with Gasteiger partial charge in [0.05, 0.1) is 0 Å². The third-order valence-corrected chi connectivity index (χ3v) is 3.72. The monoisotopic (exact) mass is 337 g/mol. The molecular weight excluding hydrogens is 310 g/mol. The van der Waals surface area contributed by atoms with Crippen LogP contribution in [0.1, 0.15) is 63.5 Å². The first-order valence-electron chi connectivity index (χ1n) is 8.13. The van der Waals surface area contributed by atoms with E-state index in [1.807, 2.05) is 18.2 Å². The lowest BCUT2D eigenvalue weighted by molar-refractivity contribution is -0.150. The highest BCUT2D eigenvalue weighted by molar-refractivity contribution is 5.75. The number of carboxylic acid groups (broad SMARTS) is 1. The van der Waals surface area contributed by atoms with Gasteiger partial charge in [0.1, 0.15) is 11.8 Å². The standard InChI is InChI=1S/C18H27NO5/c1-11(2)13-6-5-7-14(12(3)4)17(13)24-10-23-16(20)9-8-15(19)18(21)22/h5-7,11-12,15H,8-10,19H2,1-4H3,(H,21,22). The second-order valence-corrected chi connectivity index (χ2v) is 6.34. The molecule has 24 heavy (non-hydrogen) atoms. The Hall–Kier alpha value is -2.08. The minimum absolute atomic E-state index is 0.0357. The van der Waals surface area contributed by atoms with E-state index >= 15 is 0 Å². The lowest BCUT2D eigenvalue weighted by Gasteiger charge is -2.19. The normalized spacial score (nSPS) is 12.3. The summed E-state index contributed by atoms with van der Waals surface area (Å²) >= 11 is 0. The molecule has 0 aliphatic carbocycles. The Morgan fingerprint density at radius 3 is 2.12 bits per heavy atom. The Morgan fingerprint density at radius 2 is 1.67 bits per heavy atom. The quantitative estimate of drug-likeness (QED) is 0.531. The minimum atomic E-state index is -1.13. The molecule has 6 nitrogen and oxygen atoms in total. The SMILES string of the molecule is CC(C)c1cccc(C(C)C)c1OCOC(=O)CCC(N)C(=O)O. The summed E-state index contributed by atoms with van der Waals surface area (Å²) in [5, 5.41) is 8.68. The summed E-state index contributed by atoms with van der Waals surface area (Å²) < 4.78 is 10.8. The maximum Gasteiger partial charge on any atom is 0.320 e. The van der Waals surface area contributed by atoms with Crippen molar-refractivity contribution in [3.8, 4) is 5.75 Å². The number of rotatable bonds is 9. The molecule has 0 saturated heterocycles. The van der Waals surface area contributed by atoms with Gasteiger partial charge in [-0.1, -0.05) is 45.9 Å². The lowest BCUT2D eigenvalue weighted by Crippen LogP contribution is -2.30. The molecule has 0 aliphatic heterocycles. The molecule has 0 aliphatic rings. The fourth-order valence-corrected chi connectivity index (χ4v) is 2.27. The number of ether oxygens (including phenoxy) is 2. The number of para-hydroxylation sites is 1. The fourth-order valence-electron chi connectivity index (χ4n) is 2.27. The summed E-state index contributed by atoms with van der Waals surface area (Å²) in [6, 6.07) is 4.93. The van der Waals surface area contributed by atoms with Crippen LogP contribution in [0.2, 0.25) is 0 Å². The maximum absolute atomic E-state index is 11.6. The highest BCUT2D eigenvalue weighted by Gasteiger charge is 2.17. The van der Waals surface area contributed by atoms with E-state index in [0.29, 0.717) is 0 Å². The molecule has 3 N–H and O–H groups in total. The Bertz CT molecular complexity index is 542. The first kappa shape index (κ1) is 20.0. The Kier molecular flexibility index (Phi) is 7.71. The van der Waals surface area contributed by atoms with E-state index in [1.54, 1.807) is 0 Å². The van der Waals surface area contributed by atoms with Crippen molar-refractivity contribution in [1.82, 2.24) is 0 Å². The minimum Gasteiger partial charge on any atom is -0.480 e. The first-order chi connectivity index (χ1) is 11.2. The van der Waals surface area contributed by atoms with Crippen LogP contribution in [0.25, 0.3) is 0 Å². The van der Waals surface area contributed by atoms with Crippen molar-refractivity contribution < 1.29 is 24.2 Å².